The minimum absolute atomic E-state index is 0.186. The molecule has 2 rings (SSSR count). The zero-order valence-electron chi connectivity index (χ0n) is 16.1. The van der Waals surface area contributed by atoms with Crippen LogP contribution in [-0.2, 0) is 14.8 Å². The summed E-state index contributed by atoms with van der Waals surface area (Å²) in [5, 5.41) is 13.5. The molecule has 0 unspecified atom stereocenters. The summed E-state index contributed by atoms with van der Waals surface area (Å²) in [6.45, 7) is 2.92. The van der Waals surface area contributed by atoms with Gasteiger partial charge in [-0.2, -0.15) is 4.31 Å². The molecule has 1 amide bonds. The molecule has 0 aliphatic heterocycles. The summed E-state index contributed by atoms with van der Waals surface area (Å²) in [5.41, 5.74) is -0.941. The second-order valence-electron chi connectivity index (χ2n) is 5.94. The van der Waals surface area contributed by atoms with Crippen molar-refractivity contribution in [3.8, 4) is 5.75 Å². The van der Waals surface area contributed by atoms with E-state index in [4.69, 9.17) is 4.74 Å². The fourth-order valence-corrected chi connectivity index (χ4v) is 4.03. The predicted octanol–water partition coefficient (Wildman–Crippen LogP) is 2.92. The minimum atomic E-state index is -3.93. The Morgan fingerprint density at radius 3 is 2.40 bits per heavy atom. The zero-order chi connectivity index (χ0) is 22.5. The molecule has 0 saturated carbocycles. The van der Waals surface area contributed by atoms with Crippen molar-refractivity contribution in [3.05, 3.63) is 58.1 Å². The van der Waals surface area contributed by atoms with E-state index in [1.54, 1.807) is 13.8 Å². The molecule has 0 radical (unpaired) electrons. The van der Waals surface area contributed by atoms with E-state index in [0.717, 1.165) is 34.6 Å². The highest BCUT2D eigenvalue weighted by atomic mass is 32.2. The first-order valence-electron chi connectivity index (χ1n) is 8.76. The van der Waals surface area contributed by atoms with Gasteiger partial charge in [0.1, 0.15) is 11.6 Å². The van der Waals surface area contributed by atoms with Gasteiger partial charge in [0.05, 0.1) is 15.5 Å². The van der Waals surface area contributed by atoms with Crippen LogP contribution in [0.4, 0.5) is 20.2 Å². The van der Waals surface area contributed by atoms with Crippen LogP contribution >= 0.6 is 0 Å². The van der Waals surface area contributed by atoms with Crippen LogP contribution in [-0.4, -0.2) is 43.2 Å². The molecule has 0 atom stereocenters. The average Bonchev–Trinajstić information content (AvgIpc) is 2.69. The molecule has 0 aliphatic carbocycles. The third kappa shape index (κ3) is 5.27. The van der Waals surface area contributed by atoms with Crippen LogP contribution in [0.3, 0.4) is 0 Å². The van der Waals surface area contributed by atoms with Crippen LogP contribution in [0.2, 0.25) is 0 Å². The largest absolute Gasteiger partial charge is 0.477 e. The van der Waals surface area contributed by atoms with Crippen molar-refractivity contribution in [2.24, 2.45) is 0 Å². The average molecular weight is 443 g/mol. The Morgan fingerprint density at radius 1 is 1.17 bits per heavy atom. The van der Waals surface area contributed by atoms with Gasteiger partial charge in [-0.3, -0.25) is 14.9 Å². The molecule has 0 aromatic heterocycles. The summed E-state index contributed by atoms with van der Waals surface area (Å²) in [5.74, 6) is -3.01. The lowest BCUT2D eigenvalue weighted by atomic mass is 10.3. The Bertz CT molecular complexity index is 1060. The second-order valence-corrected chi connectivity index (χ2v) is 7.87. The molecule has 2 aromatic carbocycles. The number of carbonyl (C=O) groups excluding carboxylic acids is 1. The lowest BCUT2D eigenvalue weighted by Crippen LogP contribution is -2.30. The fraction of sp³-hybridized carbons (Fsp3) is 0.278. The number of sulfonamides is 1. The molecule has 0 bridgehead atoms. The zero-order valence-corrected chi connectivity index (χ0v) is 16.9. The first-order chi connectivity index (χ1) is 14.1. The van der Waals surface area contributed by atoms with Gasteiger partial charge in [-0.25, -0.2) is 17.2 Å². The maximum absolute atomic E-state index is 13.6. The molecular weight excluding hydrogens is 424 g/mol. The molecule has 9 nitrogen and oxygen atoms in total. The number of nitro benzene ring substituents is 1. The standard InChI is InChI=1S/C18H19F2N3O6S/c1-3-22(4-2)30(27,28)13-6-8-17(16(10-13)23(25)26)29-11-18(24)21-15-7-5-12(19)9-14(15)20/h5-10H,3-4,11H2,1-2H3,(H,21,24). The van der Waals surface area contributed by atoms with Gasteiger partial charge in [0.2, 0.25) is 10.0 Å². The van der Waals surface area contributed by atoms with E-state index in [9.17, 15) is 32.1 Å². The molecule has 0 saturated heterocycles. The van der Waals surface area contributed by atoms with E-state index < -0.39 is 44.8 Å². The molecule has 30 heavy (non-hydrogen) atoms. The van der Waals surface area contributed by atoms with Crippen LogP contribution < -0.4 is 10.1 Å². The highest BCUT2D eigenvalue weighted by Gasteiger charge is 2.26. The molecule has 0 heterocycles. The van der Waals surface area contributed by atoms with Crippen LogP contribution in [0.25, 0.3) is 0 Å². The Labute approximate surface area is 171 Å². The number of anilines is 1. The summed E-state index contributed by atoms with van der Waals surface area (Å²) in [6.07, 6.45) is 0. The van der Waals surface area contributed by atoms with Gasteiger partial charge in [-0.15, -0.1) is 0 Å². The lowest BCUT2D eigenvalue weighted by molar-refractivity contribution is -0.386. The number of halogens is 2. The van der Waals surface area contributed by atoms with E-state index in [1.165, 1.54) is 0 Å². The van der Waals surface area contributed by atoms with Crippen molar-refractivity contribution in [1.29, 1.82) is 0 Å². The Kier molecular flexibility index (Phi) is 7.40. The third-order valence-corrected chi connectivity index (χ3v) is 6.08. The smallest absolute Gasteiger partial charge is 0.312 e. The summed E-state index contributed by atoms with van der Waals surface area (Å²) in [6, 6.07) is 5.59. The van der Waals surface area contributed by atoms with Gasteiger partial charge < -0.3 is 10.1 Å². The molecule has 0 fully saturated rings. The van der Waals surface area contributed by atoms with Crippen molar-refractivity contribution in [3.63, 3.8) is 0 Å². The number of hydrogen-bond donors (Lipinski definition) is 1. The Morgan fingerprint density at radius 2 is 1.83 bits per heavy atom. The van der Waals surface area contributed by atoms with Gasteiger partial charge in [-0.05, 0) is 24.3 Å². The number of amides is 1. The molecule has 0 spiro atoms. The van der Waals surface area contributed by atoms with Crippen molar-refractivity contribution >= 4 is 27.3 Å². The van der Waals surface area contributed by atoms with E-state index in [2.05, 4.69) is 5.32 Å². The number of ether oxygens (including phenoxy) is 1. The van der Waals surface area contributed by atoms with E-state index >= 15 is 0 Å². The van der Waals surface area contributed by atoms with Crippen LogP contribution in [0.1, 0.15) is 13.8 Å². The van der Waals surface area contributed by atoms with Gasteiger partial charge in [0.25, 0.3) is 5.91 Å². The molecule has 162 valence electrons. The topological polar surface area (TPSA) is 119 Å². The monoisotopic (exact) mass is 443 g/mol. The number of carbonyl (C=O) groups is 1. The molecule has 2 aromatic rings. The first-order valence-corrected chi connectivity index (χ1v) is 10.2. The highest BCUT2D eigenvalue weighted by Crippen LogP contribution is 2.31. The third-order valence-electron chi connectivity index (χ3n) is 4.03. The quantitative estimate of drug-likeness (QED) is 0.470. The van der Waals surface area contributed by atoms with Crippen LogP contribution in [0.15, 0.2) is 41.3 Å². The van der Waals surface area contributed by atoms with Gasteiger partial charge in [0.15, 0.2) is 12.4 Å². The Balaban J connectivity index is 2.19. The lowest BCUT2D eigenvalue weighted by Gasteiger charge is -2.18. The van der Waals surface area contributed by atoms with Gasteiger partial charge in [-0.1, -0.05) is 13.8 Å². The van der Waals surface area contributed by atoms with Crippen molar-refractivity contribution in [2.45, 2.75) is 18.7 Å². The van der Waals surface area contributed by atoms with Crippen molar-refractivity contribution in [2.75, 3.05) is 25.0 Å². The molecular formula is C18H19F2N3O6S. The summed E-state index contributed by atoms with van der Waals surface area (Å²) in [4.78, 5) is 22.2. The number of rotatable bonds is 9. The predicted molar refractivity (Wildman–Crippen MR) is 104 cm³/mol. The minimum Gasteiger partial charge on any atom is -0.477 e. The number of nitrogens with zero attached hydrogens (tertiary/aromatic N) is 2. The van der Waals surface area contributed by atoms with E-state index in [-0.39, 0.29) is 29.4 Å². The normalized spacial score (nSPS) is 11.4. The first kappa shape index (κ1) is 23.2. The summed E-state index contributed by atoms with van der Waals surface area (Å²) in [7, 11) is -3.93. The SMILES string of the molecule is CCN(CC)S(=O)(=O)c1ccc(OCC(=O)Nc2ccc(F)cc2F)c([N+](=O)[O-])c1. The molecule has 12 heteroatoms. The maximum atomic E-state index is 13.6. The summed E-state index contributed by atoms with van der Waals surface area (Å²) < 4.78 is 57.8. The van der Waals surface area contributed by atoms with E-state index in [1.807, 2.05) is 0 Å². The Hall–Kier alpha value is -3.12. The fourth-order valence-electron chi connectivity index (χ4n) is 2.56. The van der Waals surface area contributed by atoms with Crippen LogP contribution in [0, 0.1) is 21.7 Å². The number of nitrogens with one attached hydrogen (secondary N) is 1. The second kappa shape index (κ2) is 9.59. The number of benzene rings is 2. The van der Waals surface area contributed by atoms with Crippen molar-refractivity contribution < 1.29 is 31.7 Å². The van der Waals surface area contributed by atoms with Gasteiger partial charge >= 0.3 is 5.69 Å². The van der Waals surface area contributed by atoms with E-state index in [0.29, 0.717) is 6.07 Å². The number of nitro groups is 1. The summed E-state index contributed by atoms with van der Waals surface area (Å²) >= 11 is 0. The maximum Gasteiger partial charge on any atom is 0.312 e. The van der Waals surface area contributed by atoms with Gasteiger partial charge in [0, 0.05) is 25.2 Å². The molecule has 0 aliphatic rings. The van der Waals surface area contributed by atoms with Crippen LogP contribution in [0.5, 0.6) is 5.75 Å². The number of hydrogen-bond acceptors (Lipinski definition) is 6. The highest BCUT2D eigenvalue weighted by molar-refractivity contribution is 7.89. The molecule has 1 N–H and O–H groups in total. The van der Waals surface area contributed by atoms with Crippen molar-refractivity contribution in [1.82, 2.24) is 4.31 Å².